The zero-order valence-electron chi connectivity index (χ0n) is 10.4. The molecule has 0 bridgehead atoms. The Labute approximate surface area is 102 Å². The molecule has 0 radical (unpaired) electrons. The van der Waals surface area contributed by atoms with Gasteiger partial charge < -0.3 is 4.90 Å². The lowest BCUT2D eigenvalue weighted by Gasteiger charge is -2.18. The van der Waals surface area contributed by atoms with Crippen LogP contribution >= 0.6 is 11.6 Å². The fourth-order valence-electron chi connectivity index (χ4n) is 1.48. The molecule has 0 aliphatic carbocycles. The summed E-state index contributed by atoms with van der Waals surface area (Å²) in [5.74, 6) is 1.97. The van der Waals surface area contributed by atoms with E-state index in [9.17, 15) is 0 Å². The average molecular weight is 243 g/mol. The standard InChI is InChI=1S/C11H19ClN4/c1-5-16(6-2)11-14-9(7-8(3)4)13-10(12)15-11/h8H,5-7H2,1-4H3. The van der Waals surface area contributed by atoms with Crippen LogP contribution in [0.4, 0.5) is 5.95 Å². The Morgan fingerprint density at radius 3 is 2.25 bits per heavy atom. The lowest BCUT2D eigenvalue weighted by Crippen LogP contribution is -2.25. The van der Waals surface area contributed by atoms with E-state index in [1.165, 1.54) is 0 Å². The van der Waals surface area contributed by atoms with Crippen molar-refractivity contribution in [2.45, 2.75) is 34.1 Å². The fourth-order valence-corrected chi connectivity index (χ4v) is 1.66. The monoisotopic (exact) mass is 242 g/mol. The third-order valence-corrected chi connectivity index (χ3v) is 2.45. The Hall–Kier alpha value is -0.900. The Morgan fingerprint density at radius 1 is 1.12 bits per heavy atom. The second-order valence-electron chi connectivity index (χ2n) is 4.09. The molecule has 0 aliphatic heterocycles. The van der Waals surface area contributed by atoms with E-state index in [1.807, 2.05) is 0 Å². The van der Waals surface area contributed by atoms with Crippen molar-refractivity contribution >= 4 is 17.5 Å². The number of halogens is 1. The molecule has 5 heteroatoms. The summed E-state index contributed by atoms with van der Waals surface area (Å²) >= 11 is 5.90. The lowest BCUT2D eigenvalue weighted by atomic mass is 10.1. The smallest absolute Gasteiger partial charge is 0.229 e. The largest absolute Gasteiger partial charge is 0.341 e. The molecule has 1 aromatic rings. The van der Waals surface area contributed by atoms with Gasteiger partial charge in [0.2, 0.25) is 11.2 Å². The maximum absolute atomic E-state index is 5.90. The van der Waals surface area contributed by atoms with Crippen LogP contribution in [0, 0.1) is 5.92 Å². The number of hydrogen-bond acceptors (Lipinski definition) is 4. The highest BCUT2D eigenvalue weighted by atomic mass is 35.5. The highest BCUT2D eigenvalue weighted by Crippen LogP contribution is 2.13. The van der Waals surface area contributed by atoms with Crippen LogP contribution in [0.25, 0.3) is 0 Å². The van der Waals surface area contributed by atoms with E-state index in [1.54, 1.807) is 0 Å². The van der Waals surface area contributed by atoms with Crippen LogP contribution in [-0.4, -0.2) is 28.0 Å². The third kappa shape index (κ3) is 3.59. The van der Waals surface area contributed by atoms with Gasteiger partial charge in [0.15, 0.2) is 0 Å². The van der Waals surface area contributed by atoms with Gasteiger partial charge in [0.1, 0.15) is 5.82 Å². The average Bonchev–Trinajstić information content (AvgIpc) is 2.17. The van der Waals surface area contributed by atoms with Gasteiger partial charge in [0, 0.05) is 19.5 Å². The first-order valence-corrected chi connectivity index (χ1v) is 6.10. The van der Waals surface area contributed by atoms with E-state index in [-0.39, 0.29) is 5.28 Å². The number of nitrogens with zero attached hydrogens (tertiary/aromatic N) is 4. The zero-order valence-corrected chi connectivity index (χ0v) is 11.1. The Bertz CT molecular complexity index is 337. The molecule has 0 unspecified atom stereocenters. The van der Waals surface area contributed by atoms with Crippen molar-refractivity contribution in [3.05, 3.63) is 11.1 Å². The van der Waals surface area contributed by atoms with Crippen LogP contribution in [0.3, 0.4) is 0 Å². The van der Waals surface area contributed by atoms with Crippen molar-refractivity contribution in [1.29, 1.82) is 0 Å². The van der Waals surface area contributed by atoms with Gasteiger partial charge in [0.05, 0.1) is 0 Å². The van der Waals surface area contributed by atoms with Crippen molar-refractivity contribution < 1.29 is 0 Å². The molecule has 0 spiro atoms. The first-order valence-electron chi connectivity index (χ1n) is 5.72. The van der Waals surface area contributed by atoms with E-state index in [4.69, 9.17) is 11.6 Å². The molecule has 0 amide bonds. The van der Waals surface area contributed by atoms with E-state index in [0.717, 1.165) is 25.3 Å². The van der Waals surface area contributed by atoms with Gasteiger partial charge in [-0.3, -0.25) is 0 Å². The molecule has 0 aromatic carbocycles. The molecule has 4 nitrogen and oxygen atoms in total. The number of anilines is 1. The Morgan fingerprint density at radius 2 is 1.75 bits per heavy atom. The summed E-state index contributed by atoms with van der Waals surface area (Å²) in [4.78, 5) is 14.8. The van der Waals surface area contributed by atoms with Gasteiger partial charge in [-0.1, -0.05) is 13.8 Å². The van der Waals surface area contributed by atoms with Crippen LogP contribution in [-0.2, 0) is 6.42 Å². The van der Waals surface area contributed by atoms with E-state index in [0.29, 0.717) is 11.9 Å². The van der Waals surface area contributed by atoms with Crippen LogP contribution in [0.5, 0.6) is 0 Å². The number of rotatable bonds is 5. The fraction of sp³-hybridized carbons (Fsp3) is 0.727. The SMILES string of the molecule is CCN(CC)c1nc(Cl)nc(CC(C)C)n1. The molecule has 0 atom stereocenters. The second-order valence-corrected chi connectivity index (χ2v) is 4.43. The predicted molar refractivity (Wildman–Crippen MR) is 66.9 cm³/mol. The minimum Gasteiger partial charge on any atom is -0.341 e. The molecule has 0 N–H and O–H groups in total. The first-order chi connectivity index (χ1) is 7.56. The molecule has 16 heavy (non-hydrogen) atoms. The normalized spacial score (nSPS) is 10.9. The van der Waals surface area contributed by atoms with E-state index >= 15 is 0 Å². The lowest BCUT2D eigenvalue weighted by molar-refractivity contribution is 0.615. The summed E-state index contributed by atoms with van der Waals surface area (Å²) in [5.41, 5.74) is 0. The first kappa shape index (κ1) is 13.2. The van der Waals surface area contributed by atoms with E-state index in [2.05, 4.69) is 47.5 Å². The number of hydrogen-bond donors (Lipinski definition) is 0. The molecule has 0 aliphatic rings. The zero-order chi connectivity index (χ0) is 12.1. The van der Waals surface area contributed by atoms with Crippen LogP contribution in [0.2, 0.25) is 5.28 Å². The molecule has 0 saturated carbocycles. The summed E-state index contributed by atoms with van der Waals surface area (Å²) in [6.45, 7) is 10.2. The maximum atomic E-state index is 5.90. The molecule has 1 rings (SSSR count). The van der Waals surface area contributed by atoms with Gasteiger partial charge in [-0.25, -0.2) is 4.98 Å². The number of aromatic nitrogens is 3. The molecular weight excluding hydrogens is 224 g/mol. The molecule has 90 valence electrons. The Kier molecular flexibility index (Phi) is 4.93. The summed E-state index contributed by atoms with van der Waals surface area (Å²) in [6.07, 6.45) is 0.830. The van der Waals surface area contributed by atoms with Crippen molar-refractivity contribution in [3.63, 3.8) is 0 Å². The van der Waals surface area contributed by atoms with Crippen molar-refractivity contribution in [2.24, 2.45) is 5.92 Å². The molecule has 0 fully saturated rings. The summed E-state index contributed by atoms with van der Waals surface area (Å²) in [5, 5.41) is 0.285. The van der Waals surface area contributed by atoms with Gasteiger partial charge in [-0.05, 0) is 31.4 Å². The van der Waals surface area contributed by atoms with Crippen molar-refractivity contribution in [2.75, 3.05) is 18.0 Å². The van der Waals surface area contributed by atoms with Gasteiger partial charge in [-0.15, -0.1) is 0 Å². The van der Waals surface area contributed by atoms with Crippen LogP contribution in [0.1, 0.15) is 33.5 Å². The summed E-state index contributed by atoms with van der Waals surface area (Å²) < 4.78 is 0. The Balaban J connectivity index is 2.97. The van der Waals surface area contributed by atoms with Crippen LogP contribution < -0.4 is 4.90 Å². The molecular formula is C11H19ClN4. The van der Waals surface area contributed by atoms with Gasteiger partial charge >= 0.3 is 0 Å². The van der Waals surface area contributed by atoms with Crippen LogP contribution in [0.15, 0.2) is 0 Å². The predicted octanol–water partition coefficient (Wildman–Crippen LogP) is 2.57. The molecule has 0 saturated heterocycles. The minimum atomic E-state index is 0.285. The molecule has 1 aromatic heterocycles. The highest BCUT2D eigenvalue weighted by molar-refractivity contribution is 6.28. The van der Waals surface area contributed by atoms with Gasteiger partial charge in [-0.2, -0.15) is 9.97 Å². The quantitative estimate of drug-likeness (QED) is 0.796. The van der Waals surface area contributed by atoms with Crippen molar-refractivity contribution in [1.82, 2.24) is 15.0 Å². The van der Waals surface area contributed by atoms with Crippen molar-refractivity contribution in [3.8, 4) is 0 Å². The van der Waals surface area contributed by atoms with Gasteiger partial charge in [0.25, 0.3) is 0 Å². The van der Waals surface area contributed by atoms with E-state index < -0.39 is 0 Å². The summed E-state index contributed by atoms with van der Waals surface area (Å²) in [7, 11) is 0. The third-order valence-electron chi connectivity index (χ3n) is 2.28. The summed E-state index contributed by atoms with van der Waals surface area (Å²) in [6, 6.07) is 0. The minimum absolute atomic E-state index is 0.285. The maximum Gasteiger partial charge on any atom is 0.229 e. The second kappa shape index (κ2) is 5.99. The highest BCUT2D eigenvalue weighted by Gasteiger charge is 2.10. The topological polar surface area (TPSA) is 41.9 Å². The molecule has 1 heterocycles.